The average molecular weight is 314 g/mol. The van der Waals surface area contributed by atoms with Gasteiger partial charge in [0.1, 0.15) is 17.8 Å². The molecule has 0 radical (unpaired) electrons. The van der Waals surface area contributed by atoms with E-state index >= 15 is 0 Å². The van der Waals surface area contributed by atoms with Crippen molar-refractivity contribution in [2.24, 2.45) is 0 Å². The molecule has 1 N–H and O–H groups in total. The Hall–Kier alpha value is -2.61. The third kappa shape index (κ3) is 2.86. The first kappa shape index (κ1) is 14.3. The molecule has 0 saturated heterocycles. The molecule has 22 heavy (non-hydrogen) atoms. The first-order valence-corrected chi connectivity index (χ1v) is 7.50. The molecule has 112 valence electrons. The fraction of sp³-hybridized carbons (Fsp3) is 0.214. The van der Waals surface area contributed by atoms with Gasteiger partial charge in [-0.3, -0.25) is 4.79 Å². The van der Waals surface area contributed by atoms with E-state index in [1.807, 2.05) is 26.8 Å². The van der Waals surface area contributed by atoms with Crippen molar-refractivity contribution in [3.05, 3.63) is 45.9 Å². The Bertz CT molecular complexity index is 837. The lowest BCUT2D eigenvalue weighted by Gasteiger charge is -2.06. The van der Waals surface area contributed by atoms with Crippen LogP contribution in [0.3, 0.4) is 0 Å². The number of aryl methyl sites for hydroxylation is 3. The van der Waals surface area contributed by atoms with Gasteiger partial charge in [0.25, 0.3) is 5.91 Å². The first-order chi connectivity index (χ1) is 10.5. The Labute approximate surface area is 131 Å². The topological polar surface area (TPSA) is 85.6 Å². The summed E-state index contributed by atoms with van der Waals surface area (Å²) in [6.07, 6.45) is 1.40. The maximum atomic E-state index is 12.1. The second kappa shape index (κ2) is 5.64. The lowest BCUT2D eigenvalue weighted by molar-refractivity contribution is 0.102. The highest BCUT2D eigenvalue weighted by Crippen LogP contribution is 2.14. The van der Waals surface area contributed by atoms with Crippen LogP contribution in [0.5, 0.6) is 0 Å². The van der Waals surface area contributed by atoms with Crippen molar-refractivity contribution < 1.29 is 4.79 Å². The molecule has 3 heterocycles. The SMILES string of the molecule is Cc1cc(C)n(-c2cc(NC(=O)c3csc(C)n3)ncn2)n1. The molecule has 0 saturated carbocycles. The number of amides is 1. The van der Waals surface area contributed by atoms with E-state index in [-0.39, 0.29) is 5.91 Å². The molecule has 0 atom stereocenters. The summed E-state index contributed by atoms with van der Waals surface area (Å²) in [6, 6.07) is 3.63. The molecule has 1 amide bonds. The molecule has 0 bridgehead atoms. The van der Waals surface area contributed by atoms with Gasteiger partial charge in [0.2, 0.25) is 0 Å². The highest BCUT2D eigenvalue weighted by molar-refractivity contribution is 7.09. The zero-order valence-electron chi connectivity index (χ0n) is 12.4. The summed E-state index contributed by atoms with van der Waals surface area (Å²) in [4.78, 5) is 24.5. The molecule has 0 aromatic carbocycles. The third-order valence-electron chi connectivity index (χ3n) is 2.97. The molecule has 0 aliphatic carbocycles. The summed E-state index contributed by atoms with van der Waals surface area (Å²) in [7, 11) is 0. The molecular formula is C14H14N6OS. The molecule has 0 spiro atoms. The summed E-state index contributed by atoms with van der Waals surface area (Å²) >= 11 is 1.43. The number of anilines is 1. The second-order valence-electron chi connectivity index (χ2n) is 4.81. The Morgan fingerprint density at radius 1 is 1.23 bits per heavy atom. The lowest BCUT2D eigenvalue weighted by Crippen LogP contribution is -2.14. The number of carbonyl (C=O) groups is 1. The Kier molecular flexibility index (Phi) is 3.68. The van der Waals surface area contributed by atoms with Gasteiger partial charge in [-0.15, -0.1) is 11.3 Å². The first-order valence-electron chi connectivity index (χ1n) is 6.62. The lowest BCUT2D eigenvalue weighted by atomic mass is 10.4. The van der Waals surface area contributed by atoms with Crippen LogP contribution in [0.1, 0.15) is 26.9 Å². The number of aromatic nitrogens is 5. The summed E-state index contributed by atoms with van der Waals surface area (Å²) < 4.78 is 1.71. The predicted octanol–water partition coefficient (Wildman–Crippen LogP) is 2.30. The van der Waals surface area contributed by atoms with E-state index in [1.165, 1.54) is 17.7 Å². The maximum Gasteiger partial charge on any atom is 0.276 e. The summed E-state index contributed by atoms with van der Waals surface area (Å²) in [5.74, 6) is 0.723. The van der Waals surface area contributed by atoms with Gasteiger partial charge in [-0.05, 0) is 26.8 Å². The number of nitrogens with zero attached hydrogens (tertiary/aromatic N) is 5. The van der Waals surface area contributed by atoms with Crippen LogP contribution in [0.2, 0.25) is 0 Å². The number of nitrogens with one attached hydrogen (secondary N) is 1. The minimum absolute atomic E-state index is 0.289. The van der Waals surface area contributed by atoms with E-state index in [0.29, 0.717) is 17.3 Å². The molecule has 7 nitrogen and oxygen atoms in total. The molecule has 3 aromatic rings. The summed E-state index contributed by atoms with van der Waals surface area (Å²) in [6.45, 7) is 5.71. The van der Waals surface area contributed by atoms with Crippen LogP contribution >= 0.6 is 11.3 Å². The van der Waals surface area contributed by atoms with Crippen molar-refractivity contribution in [2.45, 2.75) is 20.8 Å². The molecule has 0 aliphatic rings. The van der Waals surface area contributed by atoms with Crippen molar-refractivity contribution in [3.8, 4) is 5.82 Å². The highest BCUT2D eigenvalue weighted by Gasteiger charge is 2.12. The predicted molar refractivity (Wildman–Crippen MR) is 83.4 cm³/mol. The van der Waals surface area contributed by atoms with Gasteiger partial charge < -0.3 is 5.32 Å². The largest absolute Gasteiger partial charge is 0.305 e. The number of hydrogen-bond donors (Lipinski definition) is 1. The molecule has 0 fully saturated rings. The monoisotopic (exact) mass is 314 g/mol. The molecule has 0 aliphatic heterocycles. The van der Waals surface area contributed by atoms with Crippen LogP contribution in [0, 0.1) is 20.8 Å². The van der Waals surface area contributed by atoms with Crippen LogP contribution in [0.15, 0.2) is 23.8 Å². The fourth-order valence-electron chi connectivity index (χ4n) is 2.04. The normalized spacial score (nSPS) is 10.7. The number of carbonyl (C=O) groups excluding carboxylic acids is 1. The molecule has 3 rings (SSSR count). The van der Waals surface area contributed by atoms with Crippen LogP contribution < -0.4 is 5.32 Å². The van der Waals surface area contributed by atoms with Crippen molar-refractivity contribution >= 4 is 23.1 Å². The Morgan fingerprint density at radius 3 is 2.68 bits per heavy atom. The number of rotatable bonds is 3. The standard InChI is InChI=1S/C14H14N6OS/c1-8-4-9(2)20(19-8)13-5-12(15-7-16-13)18-14(21)11-6-22-10(3)17-11/h4-7H,1-3H3,(H,15,16,18,21). The average Bonchev–Trinajstić information content (AvgIpc) is 3.05. The van der Waals surface area contributed by atoms with Crippen molar-refractivity contribution in [1.29, 1.82) is 0 Å². The molecule has 3 aromatic heterocycles. The smallest absolute Gasteiger partial charge is 0.276 e. The Morgan fingerprint density at radius 2 is 2.05 bits per heavy atom. The second-order valence-corrected chi connectivity index (χ2v) is 5.87. The minimum atomic E-state index is -0.289. The number of hydrogen-bond acceptors (Lipinski definition) is 6. The molecule has 0 unspecified atom stereocenters. The highest BCUT2D eigenvalue weighted by atomic mass is 32.1. The van der Waals surface area contributed by atoms with Gasteiger partial charge >= 0.3 is 0 Å². The van der Waals surface area contributed by atoms with E-state index in [0.717, 1.165) is 16.4 Å². The van der Waals surface area contributed by atoms with Gasteiger partial charge in [-0.2, -0.15) is 5.10 Å². The van der Waals surface area contributed by atoms with E-state index < -0.39 is 0 Å². The van der Waals surface area contributed by atoms with Crippen LogP contribution in [-0.4, -0.2) is 30.6 Å². The van der Waals surface area contributed by atoms with Crippen LogP contribution in [0.4, 0.5) is 5.82 Å². The van der Waals surface area contributed by atoms with Gasteiger partial charge in [0, 0.05) is 17.1 Å². The zero-order chi connectivity index (χ0) is 15.7. The van der Waals surface area contributed by atoms with Crippen molar-refractivity contribution in [1.82, 2.24) is 24.7 Å². The quantitative estimate of drug-likeness (QED) is 0.801. The molecule has 8 heteroatoms. The van der Waals surface area contributed by atoms with Crippen molar-refractivity contribution in [2.75, 3.05) is 5.32 Å². The van der Waals surface area contributed by atoms with Crippen LogP contribution in [-0.2, 0) is 0 Å². The van der Waals surface area contributed by atoms with E-state index in [1.54, 1.807) is 16.1 Å². The third-order valence-corrected chi connectivity index (χ3v) is 3.75. The molecular weight excluding hydrogens is 300 g/mol. The van der Waals surface area contributed by atoms with Crippen molar-refractivity contribution in [3.63, 3.8) is 0 Å². The fourth-order valence-corrected chi connectivity index (χ4v) is 2.63. The minimum Gasteiger partial charge on any atom is -0.305 e. The number of thiazole rings is 1. The zero-order valence-corrected chi connectivity index (χ0v) is 13.2. The van der Waals surface area contributed by atoms with Gasteiger partial charge in [-0.1, -0.05) is 0 Å². The van der Waals surface area contributed by atoms with E-state index in [9.17, 15) is 4.79 Å². The Balaban J connectivity index is 1.85. The summed E-state index contributed by atoms with van der Waals surface area (Å²) in [5.41, 5.74) is 2.25. The van der Waals surface area contributed by atoms with Crippen LogP contribution in [0.25, 0.3) is 5.82 Å². The summed E-state index contributed by atoms with van der Waals surface area (Å²) in [5, 5.41) is 9.65. The van der Waals surface area contributed by atoms with Gasteiger partial charge in [0.05, 0.1) is 10.7 Å². The maximum absolute atomic E-state index is 12.1. The van der Waals surface area contributed by atoms with Gasteiger partial charge in [0.15, 0.2) is 5.82 Å². The van der Waals surface area contributed by atoms with E-state index in [2.05, 4.69) is 25.4 Å². The van der Waals surface area contributed by atoms with Gasteiger partial charge in [-0.25, -0.2) is 19.6 Å². The van der Waals surface area contributed by atoms with E-state index in [4.69, 9.17) is 0 Å².